The van der Waals surface area contributed by atoms with Gasteiger partial charge < -0.3 is 0 Å². The van der Waals surface area contributed by atoms with Gasteiger partial charge >= 0.3 is 0 Å². The van der Waals surface area contributed by atoms with E-state index in [4.69, 9.17) is 23.2 Å². The van der Waals surface area contributed by atoms with Crippen LogP contribution in [-0.2, 0) is 4.33 Å². The van der Waals surface area contributed by atoms with Gasteiger partial charge in [0.05, 0.1) is 0 Å². The summed E-state index contributed by atoms with van der Waals surface area (Å²) in [7, 11) is 0. The van der Waals surface area contributed by atoms with Gasteiger partial charge in [-0.25, -0.2) is 0 Å². The van der Waals surface area contributed by atoms with Crippen molar-refractivity contribution < 1.29 is 0 Å². The first kappa shape index (κ1) is 11.8. The maximum absolute atomic E-state index is 6.54. The predicted octanol–water partition coefficient (Wildman–Crippen LogP) is 5.18. The molecule has 2 aromatic rings. The van der Waals surface area contributed by atoms with E-state index in [0.29, 0.717) is 0 Å². The first-order valence-corrected chi connectivity index (χ1v) is 6.61. The summed E-state index contributed by atoms with van der Waals surface area (Å²) in [5.74, 6) is 0. The highest BCUT2D eigenvalue weighted by Gasteiger charge is 2.38. The summed E-state index contributed by atoms with van der Waals surface area (Å²) in [6.07, 6.45) is 2.07. The first-order chi connectivity index (χ1) is 8.59. The Hall–Kier alpha value is -1.24. The van der Waals surface area contributed by atoms with Crippen LogP contribution >= 0.6 is 23.2 Å². The largest absolute Gasteiger partial charge is 0.169 e. The quantitative estimate of drug-likeness (QED) is 0.629. The lowest BCUT2D eigenvalue weighted by Gasteiger charge is -2.19. The molecule has 1 aliphatic carbocycles. The minimum atomic E-state index is -0.953. The summed E-state index contributed by atoms with van der Waals surface area (Å²) >= 11 is 13.1. The molecule has 1 aliphatic rings. The summed E-state index contributed by atoms with van der Waals surface area (Å²) in [5, 5.41) is 0. The lowest BCUT2D eigenvalue weighted by molar-refractivity contribution is 1.15. The number of halogens is 2. The van der Waals surface area contributed by atoms with Gasteiger partial charge in [-0.2, -0.15) is 0 Å². The van der Waals surface area contributed by atoms with Gasteiger partial charge in [-0.05, 0) is 29.7 Å². The third-order valence-electron chi connectivity index (χ3n) is 3.30. The number of hydrogen-bond acceptors (Lipinski definition) is 0. The highest BCUT2D eigenvalue weighted by atomic mass is 35.5. The molecule has 2 heteroatoms. The maximum Gasteiger partial charge on any atom is 0.169 e. The van der Waals surface area contributed by atoms with Gasteiger partial charge in [0, 0.05) is 5.57 Å². The van der Waals surface area contributed by atoms with Crippen LogP contribution in [0.4, 0.5) is 0 Å². The average molecular weight is 275 g/mol. The van der Waals surface area contributed by atoms with Crippen molar-refractivity contribution in [3.05, 3.63) is 70.8 Å². The Kier molecular flexibility index (Phi) is 2.73. The summed E-state index contributed by atoms with van der Waals surface area (Å²) < 4.78 is -0.953. The molecule has 0 fully saturated rings. The second-order valence-electron chi connectivity index (χ2n) is 4.59. The van der Waals surface area contributed by atoms with Crippen LogP contribution < -0.4 is 0 Å². The van der Waals surface area contributed by atoms with Crippen LogP contribution in [0.25, 0.3) is 11.6 Å². The predicted molar refractivity (Wildman–Crippen MR) is 78.9 cm³/mol. The van der Waals surface area contributed by atoms with Gasteiger partial charge in [0.1, 0.15) is 0 Å². The van der Waals surface area contributed by atoms with E-state index in [1.165, 1.54) is 5.56 Å². The molecule has 0 aromatic heterocycles. The van der Waals surface area contributed by atoms with Crippen LogP contribution in [0.3, 0.4) is 0 Å². The molecule has 0 nitrogen and oxygen atoms in total. The van der Waals surface area contributed by atoms with Crippen LogP contribution in [0.1, 0.15) is 22.3 Å². The van der Waals surface area contributed by atoms with Crippen molar-refractivity contribution in [2.24, 2.45) is 0 Å². The molecule has 18 heavy (non-hydrogen) atoms. The molecule has 2 aromatic carbocycles. The van der Waals surface area contributed by atoms with E-state index >= 15 is 0 Å². The minimum absolute atomic E-state index is 0.951. The van der Waals surface area contributed by atoms with Crippen molar-refractivity contribution in [1.82, 2.24) is 0 Å². The molecule has 0 spiro atoms. The molecule has 0 aliphatic heterocycles. The summed E-state index contributed by atoms with van der Waals surface area (Å²) in [4.78, 5) is 0. The summed E-state index contributed by atoms with van der Waals surface area (Å²) in [6, 6.07) is 16.2. The fourth-order valence-corrected chi connectivity index (χ4v) is 2.97. The van der Waals surface area contributed by atoms with Crippen molar-refractivity contribution in [1.29, 1.82) is 0 Å². The Balaban J connectivity index is 2.13. The maximum atomic E-state index is 6.54. The Morgan fingerprint density at radius 2 is 1.56 bits per heavy atom. The molecular formula is C16H12Cl2. The Morgan fingerprint density at radius 1 is 0.889 bits per heavy atom. The minimum Gasteiger partial charge on any atom is -0.0909 e. The first-order valence-electron chi connectivity index (χ1n) is 5.85. The van der Waals surface area contributed by atoms with Crippen LogP contribution in [0.15, 0.2) is 48.5 Å². The monoisotopic (exact) mass is 274 g/mol. The lowest BCUT2D eigenvalue weighted by atomic mass is 10.0. The molecule has 0 unspecified atom stereocenters. The SMILES string of the molecule is Cc1ccc(C2=Cc3ccccc3C2(Cl)Cl)cc1. The summed E-state index contributed by atoms with van der Waals surface area (Å²) in [6.45, 7) is 2.07. The van der Waals surface area contributed by atoms with Crippen LogP contribution in [-0.4, -0.2) is 0 Å². The zero-order valence-electron chi connectivity index (χ0n) is 9.95. The highest BCUT2D eigenvalue weighted by molar-refractivity contribution is 6.55. The Morgan fingerprint density at radius 3 is 2.22 bits per heavy atom. The fraction of sp³-hybridized carbons (Fsp3) is 0.125. The van der Waals surface area contributed by atoms with E-state index in [1.54, 1.807) is 0 Å². The van der Waals surface area contributed by atoms with Gasteiger partial charge in [-0.3, -0.25) is 0 Å². The molecule has 0 bridgehead atoms. The molecule has 0 atom stereocenters. The van der Waals surface area contributed by atoms with Crippen molar-refractivity contribution >= 4 is 34.9 Å². The number of rotatable bonds is 1. The smallest absolute Gasteiger partial charge is 0.0909 e. The number of allylic oxidation sites excluding steroid dienone is 1. The molecule has 0 amide bonds. The summed E-state index contributed by atoms with van der Waals surface area (Å²) in [5.41, 5.74) is 5.31. The number of benzene rings is 2. The number of alkyl halides is 2. The molecule has 90 valence electrons. The average Bonchev–Trinajstić information content (AvgIpc) is 2.63. The van der Waals surface area contributed by atoms with Crippen molar-refractivity contribution in [3.63, 3.8) is 0 Å². The van der Waals surface area contributed by atoms with Crippen LogP contribution in [0.5, 0.6) is 0 Å². The Bertz CT molecular complexity index is 622. The van der Waals surface area contributed by atoms with E-state index in [9.17, 15) is 0 Å². The van der Waals surface area contributed by atoms with Gasteiger partial charge in [0.25, 0.3) is 0 Å². The number of aryl methyl sites for hydroxylation is 1. The van der Waals surface area contributed by atoms with Crippen molar-refractivity contribution in [2.75, 3.05) is 0 Å². The normalized spacial score (nSPS) is 16.3. The molecule has 0 saturated carbocycles. The van der Waals surface area contributed by atoms with E-state index in [-0.39, 0.29) is 0 Å². The second kappa shape index (κ2) is 4.15. The topological polar surface area (TPSA) is 0 Å². The molecule has 0 N–H and O–H groups in total. The molecule has 3 rings (SSSR count). The van der Waals surface area contributed by atoms with Gasteiger partial charge in [-0.1, -0.05) is 77.3 Å². The fourth-order valence-electron chi connectivity index (χ4n) is 2.30. The number of fused-ring (bicyclic) bond motifs is 1. The van der Waals surface area contributed by atoms with Gasteiger partial charge in [-0.15, -0.1) is 0 Å². The van der Waals surface area contributed by atoms with E-state index in [1.807, 2.05) is 24.3 Å². The molecule has 0 saturated heterocycles. The third kappa shape index (κ3) is 1.77. The molecule has 0 heterocycles. The van der Waals surface area contributed by atoms with E-state index in [2.05, 4.69) is 37.3 Å². The third-order valence-corrected chi connectivity index (χ3v) is 4.11. The zero-order valence-corrected chi connectivity index (χ0v) is 11.5. The van der Waals surface area contributed by atoms with Gasteiger partial charge in [0.2, 0.25) is 0 Å². The second-order valence-corrected chi connectivity index (χ2v) is 5.91. The molecular weight excluding hydrogens is 263 g/mol. The van der Waals surface area contributed by atoms with E-state index < -0.39 is 4.33 Å². The van der Waals surface area contributed by atoms with E-state index in [0.717, 1.165) is 22.3 Å². The highest BCUT2D eigenvalue weighted by Crippen LogP contribution is 2.52. The Labute approximate surface area is 117 Å². The van der Waals surface area contributed by atoms with Crippen LogP contribution in [0.2, 0.25) is 0 Å². The lowest BCUT2D eigenvalue weighted by Crippen LogP contribution is -2.09. The van der Waals surface area contributed by atoms with Crippen molar-refractivity contribution in [3.8, 4) is 0 Å². The molecule has 0 radical (unpaired) electrons. The van der Waals surface area contributed by atoms with Crippen molar-refractivity contribution in [2.45, 2.75) is 11.3 Å². The number of hydrogen-bond donors (Lipinski definition) is 0. The zero-order chi connectivity index (χ0) is 12.8. The van der Waals surface area contributed by atoms with Crippen LogP contribution in [0, 0.1) is 6.92 Å². The standard InChI is InChI=1S/C16H12Cl2/c1-11-6-8-12(9-7-11)15-10-13-4-2-3-5-14(13)16(15,17)18/h2-10H,1H3. The van der Waals surface area contributed by atoms with Gasteiger partial charge in [0.15, 0.2) is 4.33 Å².